The van der Waals surface area contributed by atoms with Crippen LogP contribution >= 0.6 is 11.3 Å². The summed E-state index contributed by atoms with van der Waals surface area (Å²) in [7, 11) is 0. The number of benzene rings is 2. The van der Waals surface area contributed by atoms with Crippen LogP contribution in [0.3, 0.4) is 0 Å². The minimum absolute atomic E-state index is 0.519. The zero-order valence-electron chi connectivity index (χ0n) is 13.1. The summed E-state index contributed by atoms with van der Waals surface area (Å²) in [4.78, 5) is 0. The number of unbranched alkanes of at least 4 members (excludes halogenated alkanes) is 1. The van der Waals surface area contributed by atoms with Crippen LogP contribution in [0.1, 0.15) is 30.9 Å². The van der Waals surface area contributed by atoms with Gasteiger partial charge >= 0.3 is 148 Å². The molecule has 0 spiro atoms. The fourth-order valence-electron chi connectivity index (χ4n) is 2.25. The van der Waals surface area contributed by atoms with Crippen LogP contribution in [0, 0.1) is 11.8 Å². The summed E-state index contributed by atoms with van der Waals surface area (Å²) in [6, 6.07) is 16.4. The van der Waals surface area contributed by atoms with Gasteiger partial charge in [0.25, 0.3) is 0 Å². The van der Waals surface area contributed by atoms with Gasteiger partial charge in [-0.3, -0.25) is 0 Å². The first kappa shape index (κ1) is 16.1. The van der Waals surface area contributed by atoms with E-state index in [1.165, 1.54) is 37.6 Å². The number of nitrogens with two attached hydrogens (primary N) is 1. The molecule has 3 rings (SSSR count). The molecule has 2 N–H and O–H groups in total. The summed E-state index contributed by atoms with van der Waals surface area (Å²) in [5.74, 6) is 6.74. The maximum absolute atomic E-state index is 5.74. The number of fused-ring (bicyclic) bond motifs is 1. The number of hydrogen-bond donors (Lipinski definition) is 1. The Hall–Kier alpha value is -1.72. The molecule has 0 saturated carbocycles. The molecule has 0 saturated heterocycles. The SMILES string of the molecule is CCCC[Se]c1sc2ccccc2c1C#Cc1ccc(N)cc1. The molecule has 0 bridgehead atoms. The van der Waals surface area contributed by atoms with Crippen molar-refractivity contribution in [3.63, 3.8) is 0 Å². The Bertz CT molecular complexity index is 853. The van der Waals surface area contributed by atoms with Crippen LogP contribution in [0.15, 0.2) is 48.5 Å². The topological polar surface area (TPSA) is 26.0 Å². The summed E-state index contributed by atoms with van der Waals surface area (Å²) in [5.41, 5.74) is 8.77. The molecule has 1 aromatic heterocycles. The average molecular weight is 384 g/mol. The molecule has 0 radical (unpaired) electrons. The first-order valence-electron chi connectivity index (χ1n) is 7.80. The third-order valence-corrected chi connectivity index (χ3v) is 7.65. The van der Waals surface area contributed by atoms with Crippen molar-refractivity contribution in [3.05, 3.63) is 59.7 Å². The molecule has 0 aliphatic heterocycles. The summed E-state index contributed by atoms with van der Waals surface area (Å²) >= 11 is 2.44. The van der Waals surface area contributed by atoms with Gasteiger partial charge in [-0.1, -0.05) is 0 Å². The number of thiophene rings is 1. The van der Waals surface area contributed by atoms with E-state index in [4.69, 9.17) is 5.73 Å². The molecule has 0 fully saturated rings. The summed E-state index contributed by atoms with van der Waals surface area (Å²) in [5, 5.41) is 2.60. The second kappa shape index (κ2) is 7.70. The Kier molecular flexibility index (Phi) is 5.41. The zero-order chi connectivity index (χ0) is 16.1. The molecule has 2 aromatic carbocycles. The molecule has 0 unspecified atom stereocenters. The Morgan fingerprint density at radius 2 is 1.83 bits per heavy atom. The minimum atomic E-state index is 0.519. The van der Waals surface area contributed by atoms with Gasteiger partial charge in [-0.25, -0.2) is 0 Å². The Morgan fingerprint density at radius 3 is 2.61 bits per heavy atom. The van der Waals surface area contributed by atoms with Crippen LogP contribution in [-0.2, 0) is 0 Å². The van der Waals surface area contributed by atoms with E-state index in [9.17, 15) is 0 Å². The van der Waals surface area contributed by atoms with Gasteiger partial charge in [-0.05, 0) is 0 Å². The molecule has 0 amide bonds. The zero-order valence-corrected chi connectivity index (χ0v) is 15.7. The molecular weight excluding hydrogens is 365 g/mol. The van der Waals surface area contributed by atoms with Gasteiger partial charge in [0.15, 0.2) is 0 Å². The van der Waals surface area contributed by atoms with Gasteiger partial charge in [0.1, 0.15) is 0 Å². The normalized spacial score (nSPS) is 10.5. The number of hydrogen-bond acceptors (Lipinski definition) is 2. The van der Waals surface area contributed by atoms with Crippen molar-refractivity contribution in [3.8, 4) is 11.8 Å². The molecule has 116 valence electrons. The second-order valence-corrected chi connectivity index (χ2v) is 9.29. The first-order chi connectivity index (χ1) is 11.3. The van der Waals surface area contributed by atoms with E-state index in [1.807, 2.05) is 35.6 Å². The summed E-state index contributed by atoms with van der Waals surface area (Å²) in [6.07, 6.45) is 2.57. The molecule has 0 aliphatic carbocycles. The van der Waals surface area contributed by atoms with Crippen molar-refractivity contribution in [2.75, 3.05) is 5.73 Å². The van der Waals surface area contributed by atoms with E-state index in [2.05, 4.69) is 43.0 Å². The van der Waals surface area contributed by atoms with Gasteiger partial charge < -0.3 is 0 Å². The molecule has 3 aromatic rings. The first-order valence-corrected chi connectivity index (χ1v) is 10.7. The number of rotatable bonds is 4. The third-order valence-electron chi connectivity index (χ3n) is 3.54. The fraction of sp³-hybridized carbons (Fsp3) is 0.200. The van der Waals surface area contributed by atoms with Gasteiger partial charge in [0, 0.05) is 0 Å². The predicted octanol–water partition coefficient (Wildman–Crippen LogP) is 4.43. The number of nitrogen functional groups attached to an aromatic ring is 1. The van der Waals surface area contributed by atoms with Crippen LogP contribution in [0.5, 0.6) is 0 Å². The van der Waals surface area contributed by atoms with Gasteiger partial charge in [0.2, 0.25) is 0 Å². The third kappa shape index (κ3) is 3.98. The summed E-state index contributed by atoms with van der Waals surface area (Å²) in [6.45, 7) is 2.25. The van der Waals surface area contributed by atoms with Crippen molar-refractivity contribution in [1.82, 2.24) is 0 Å². The standard InChI is InChI=1S/C20H19NSSe/c1-2-3-14-23-20-18(17-6-4-5-7-19(17)22-20)13-10-15-8-11-16(21)12-9-15/h4-9,11-12H,2-3,14,21H2,1H3. The maximum atomic E-state index is 5.74. The molecule has 1 nitrogen and oxygen atoms in total. The molecule has 1 heterocycles. The Morgan fingerprint density at radius 1 is 1.04 bits per heavy atom. The van der Waals surface area contributed by atoms with Crippen LogP contribution in [0.2, 0.25) is 5.32 Å². The van der Waals surface area contributed by atoms with Gasteiger partial charge in [-0.2, -0.15) is 0 Å². The summed E-state index contributed by atoms with van der Waals surface area (Å²) < 4.78 is 2.83. The van der Waals surface area contributed by atoms with Crippen molar-refractivity contribution >= 4 is 45.8 Å². The van der Waals surface area contributed by atoms with Crippen LogP contribution < -0.4 is 9.51 Å². The molecular formula is C20H19NSSe. The van der Waals surface area contributed by atoms with E-state index in [1.54, 1.807) is 0 Å². The van der Waals surface area contributed by atoms with Crippen molar-refractivity contribution in [2.45, 2.75) is 25.1 Å². The number of anilines is 1. The van der Waals surface area contributed by atoms with E-state index in [0.717, 1.165) is 11.3 Å². The molecule has 3 heteroatoms. The Labute approximate surface area is 148 Å². The Balaban J connectivity index is 1.97. The van der Waals surface area contributed by atoms with E-state index >= 15 is 0 Å². The fourth-order valence-corrected chi connectivity index (χ4v) is 6.51. The predicted molar refractivity (Wildman–Crippen MR) is 104 cm³/mol. The average Bonchev–Trinajstić information content (AvgIpc) is 2.92. The van der Waals surface area contributed by atoms with Gasteiger partial charge in [-0.15, -0.1) is 0 Å². The second-order valence-electron chi connectivity index (χ2n) is 5.33. The van der Waals surface area contributed by atoms with Gasteiger partial charge in [0.05, 0.1) is 0 Å². The van der Waals surface area contributed by atoms with Crippen molar-refractivity contribution < 1.29 is 0 Å². The molecule has 0 atom stereocenters. The van der Waals surface area contributed by atoms with Crippen LogP contribution in [0.4, 0.5) is 5.69 Å². The molecule has 0 aliphatic rings. The van der Waals surface area contributed by atoms with Crippen molar-refractivity contribution in [1.29, 1.82) is 0 Å². The van der Waals surface area contributed by atoms with E-state index < -0.39 is 0 Å². The van der Waals surface area contributed by atoms with E-state index in [0.29, 0.717) is 15.0 Å². The quantitative estimate of drug-likeness (QED) is 0.306. The van der Waals surface area contributed by atoms with E-state index in [-0.39, 0.29) is 0 Å². The van der Waals surface area contributed by atoms with Crippen LogP contribution in [-0.4, -0.2) is 15.0 Å². The monoisotopic (exact) mass is 385 g/mol. The molecule has 23 heavy (non-hydrogen) atoms. The van der Waals surface area contributed by atoms with Crippen LogP contribution in [0.25, 0.3) is 10.1 Å². The van der Waals surface area contributed by atoms with Crippen molar-refractivity contribution in [2.24, 2.45) is 0 Å².